The van der Waals surface area contributed by atoms with Crippen molar-refractivity contribution in [3.8, 4) is 5.75 Å². The Morgan fingerprint density at radius 1 is 1.12 bits per heavy atom. The lowest BCUT2D eigenvalue weighted by atomic mass is 10.2. The molecule has 1 aromatic heterocycles. The molecule has 138 valence electrons. The lowest BCUT2D eigenvalue weighted by molar-refractivity contribution is 0.0755. The number of benzene rings is 1. The predicted molar refractivity (Wildman–Crippen MR) is 102 cm³/mol. The zero-order chi connectivity index (χ0) is 18.4. The smallest absolute Gasteiger partial charge is 0.272 e. The van der Waals surface area contributed by atoms with Crippen LogP contribution in [-0.2, 0) is 0 Å². The summed E-state index contributed by atoms with van der Waals surface area (Å²) >= 11 is 0. The fraction of sp³-hybridized carbons (Fsp3) is 0.450. The first kappa shape index (κ1) is 18.2. The van der Waals surface area contributed by atoms with E-state index in [1.807, 2.05) is 43.0 Å². The van der Waals surface area contributed by atoms with E-state index in [2.05, 4.69) is 15.3 Å². The third kappa shape index (κ3) is 4.71. The Labute approximate surface area is 154 Å². The van der Waals surface area contributed by atoms with Gasteiger partial charge in [0.05, 0.1) is 6.61 Å². The van der Waals surface area contributed by atoms with Crippen molar-refractivity contribution < 1.29 is 9.53 Å². The number of aryl methyl sites for hydroxylation is 1. The first-order valence-electron chi connectivity index (χ1n) is 9.30. The fourth-order valence-electron chi connectivity index (χ4n) is 3.10. The molecule has 26 heavy (non-hydrogen) atoms. The van der Waals surface area contributed by atoms with Gasteiger partial charge in [-0.2, -0.15) is 0 Å². The zero-order valence-corrected chi connectivity index (χ0v) is 15.5. The molecular weight excluding hydrogens is 328 g/mol. The van der Waals surface area contributed by atoms with E-state index in [4.69, 9.17) is 4.74 Å². The SMILES string of the molecule is CCOc1ccc(Nc2nc(C)cc(C(=O)N3CCCCCC3)n2)cc1. The van der Waals surface area contributed by atoms with Gasteiger partial charge in [0.15, 0.2) is 0 Å². The summed E-state index contributed by atoms with van der Waals surface area (Å²) in [5.74, 6) is 1.25. The van der Waals surface area contributed by atoms with Crippen molar-refractivity contribution in [3.05, 3.63) is 41.7 Å². The number of rotatable bonds is 5. The Morgan fingerprint density at radius 3 is 2.46 bits per heavy atom. The van der Waals surface area contributed by atoms with Crippen LogP contribution in [0.5, 0.6) is 5.75 Å². The summed E-state index contributed by atoms with van der Waals surface area (Å²) in [6, 6.07) is 9.37. The summed E-state index contributed by atoms with van der Waals surface area (Å²) in [6.45, 7) is 6.09. The zero-order valence-electron chi connectivity index (χ0n) is 15.5. The van der Waals surface area contributed by atoms with Crippen LogP contribution in [0.3, 0.4) is 0 Å². The first-order valence-corrected chi connectivity index (χ1v) is 9.30. The molecule has 2 heterocycles. The quantitative estimate of drug-likeness (QED) is 0.881. The molecule has 1 amide bonds. The number of nitrogens with one attached hydrogen (secondary N) is 1. The van der Waals surface area contributed by atoms with Gasteiger partial charge in [-0.25, -0.2) is 9.97 Å². The topological polar surface area (TPSA) is 67.3 Å². The second-order valence-electron chi connectivity index (χ2n) is 6.51. The van der Waals surface area contributed by atoms with E-state index in [-0.39, 0.29) is 5.91 Å². The summed E-state index contributed by atoms with van der Waals surface area (Å²) < 4.78 is 5.45. The monoisotopic (exact) mass is 354 g/mol. The van der Waals surface area contributed by atoms with Crippen LogP contribution in [0.1, 0.15) is 48.8 Å². The molecule has 1 aromatic carbocycles. The molecule has 0 unspecified atom stereocenters. The Bertz CT molecular complexity index is 738. The molecule has 0 bridgehead atoms. The summed E-state index contributed by atoms with van der Waals surface area (Å²) in [5, 5.41) is 3.18. The largest absolute Gasteiger partial charge is 0.494 e. The second-order valence-corrected chi connectivity index (χ2v) is 6.51. The van der Waals surface area contributed by atoms with Gasteiger partial charge in [0, 0.05) is 24.5 Å². The van der Waals surface area contributed by atoms with Crippen LogP contribution in [-0.4, -0.2) is 40.5 Å². The summed E-state index contributed by atoms with van der Waals surface area (Å²) in [6.07, 6.45) is 4.51. The van der Waals surface area contributed by atoms with Gasteiger partial charge in [0.2, 0.25) is 5.95 Å². The maximum Gasteiger partial charge on any atom is 0.272 e. The van der Waals surface area contributed by atoms with Crippen LogP contribution < -0.4 is 10.1 Å². The summed E-state index contributed by atoms with van der Waals surface area (Å²) in [4.78, 5) is 23.6. The average molecular weight is 354 g/mol. The maximum absolute atomic E-state index is 12.8. The molecular formula is C20H26N4O2. The van der Waals surface area contributed by atoms with Gasteiger partial charge in [-0.15, -0.1) is 0 Å². The third-order valence-corrected chi connectivity index (χ3v) is 4.39. The van der Waals surface area contributed by atoms with Crippen LogP contribution in [0.15, 0.2) is 30.3 Å². The molecule has 0 saturated carbocycles. The highest BCUT2D eigenvalue weighted by atomic mass is 16.5. The van der Waals surface area contributed by atoms with Crippen LogP contribution >= 0.6 is 0 Å². The lowest BCUT2D eigenvalue weighted by Gasteiger charge is -2.20. The number of likely N-dealkylation sites (tertiary alicyclic amines) is 1. The van der Waals surface area contributed by atoms with Crippen molar-refractivity contribution >= 4 is 17.5 Å². The highest BCUT2D eigenvalue weighted by Gasteiger charge is 2.19. The Hall–Kier alpha value is -2.63. The standard InChI is InChI=1S/C20H26N4O2/c1-3-26-17-10-8-16(9-11-17)22-20-21-15(2)14-18(23-20)19(25)24-12-6-4-5-7-13-24/h8-11,14H,3-7,12-13H2,1-2H3,(H,21,22,23). The molecule has 1 aliphatic heterocycles. The molecule has 6 heteroatoms. The van der Waals surface area contributed by atoms with Crippen molar-refractivity contribution in [3.63, 3.8) is 0 Å². The number of anilines is 2. The Morgan fingerprint density at radius 2 is 1.81 bits per heavy atom. The van der Waals surface area contributed by atoms with E-state index in [1.54, 1.807) is 6.07 Å². The van der Waals surface area contributed by atoms with Gasteiger partial charge in [-0.3, -0.25) is 4.79 Å². The minimum Gasteiger partial charge on any atom is -0.494 e. The van der Waals surface area contributed by atoms with Crippen molar-refractivity contribution in [1.82, 2.24) is 14.9 Å². The molecule has 6 nitrogen and oxygen atoms in total. The fourth-order valence-corrected chi connectivity index (χ4v) is 3.10. The number of aromatic nitrogens is 2. The van der Waals surface area contributed by atoms with E-state index >= 15 is 0 Å². The normalized spacial score (nSPS) is 14.6. The van der Waals surface area contributed by atoms with Gasteiger partial charge in [0.25, 0.3) is 5.91 Å². The van der Waals surface area contributed by atoms with E-state index in [9.17, 15) is 4.79 Å². The first-order chi connectivity index (χ1) is 12.7. The highest BCUT2D eigenvalue weighted by Crippen LogP contribution is 2.19. The number of amides is 1. The number of carbonyl (C=O) groups is 1. The summed E-state index contributed by atoms with van der Waals surface area (Å²) in [5.41, 5.74) is 2.08. The second kappa shape index (κ2) is 8.65. The number of hydrogen-bond donors (Lipinski definition) is 1. The van der Waals surface area contributed by atoms with E-state index in [0.717, 1.165) is 43.1 Å². The van der Waals surface area contributed by atoms with Crippen molar-refractivity contribution in [2.75, 3.05) is 25.0 Å². The molecule has 2 aromatic rings. The minimum atomic E-state index is -0.00727. The molecule has 0 atom stereocenters. The van der Waals surface area contributed by atoms with Gasteiger partial charge < -0.3 is 15.0 Å². The molecule has 1 aliphatic rings. The van der Waals surface area contributed by atoms with Crippen LogP contribution in [0.25, 0.3) is 0 Å². The van der Waals surface area contributed by atoms with Crippen molar-refractivity contribution in [2.24, 2.45) is 0 Å². The number of carbonyl (C=O) groups excluding carboxylic acids is 1. The van der Waals surface area contributed by atoms with E-state index < -0.39 is 0 Å². The number of ether oxygens (including phenoxy) is 1. The van der Waals surface area contributed by atoms with Crippen LogP contribution in [0.4, 0.5) is 11.6 Å². The highest BCUT2D eigenvalue weighted by molar-refractivity contribution is 5.92. The molecule has 0 aliphatic carbocycles. The minimum absolute atomic E-state index is 0.00727. The van der Waals surface area contributed by atoms with Crippen LogP contribution in [0.2, 0.25) is 0 Å². The third-order valence-electron chi connectivity index (χ3n) is 4.39. The number of nitrogens with zero attached hydrogens (tertiary/aromatic N) is 3. The van der Waals surface area contributed by atoms with Gasteiger partial charge in [0.1, 0.15) is 11.4 Å². The molecule has 0 radical (unpaired) electrons. The van der Waals surface area contributed by atoms with Crippen molar-refractivity contribution in [1.29, 1.82) is 0 Å². The Kier molecular flexibility index (Phi) is 6.04. The van der Waals surface area contributed by atoms with Gasteiger partial charge in [-0.05, 0) is 57.0 Å². The van der Waals surface area contributed by atoms with E-state index in [0.29, 0.717) is 18.2 Å². The van der Waals surface area contributed by atoms with Crippen molar-refractivity contribution in [2.45, 2.75) is 39.5 Å². The van der Waals surface area contributed by atoms with Gasteiger partial charge >= 0.3 is 0 Å². The maximum atomic E-state index is 12.8. The summed E-state index contributed by atoms with van der Waals surface area (Å²) in [7, 11) is 0. The van der Waals surface area contributed by atoms with Gasteiger partial charge in [-0.1, -0.05) is 12.8 Å². The molecule has 1 N–H and O–H groups in total. The lowest BCUT2D eigenvalue weighted by Crippen LogP contribution is -2.32. The predicted octanol–water partition coefficient (Wildman–Crippen LogP) is 3.94. The van der Waals surface area contributed by atoms with E-state index in [1.165, 1.54) is 12.8 Å². The number of hydrogen-bond acceptors (Lipinski definition) is 5. The van der Waals surface area contributed by atoms with Crippen LogP contribution in [0, 0.1) is 6.92 Å². The molecule has 1 fully saturated rings. The molecule has 0 spiro atoms. The molecule has 1 saturated heterocycles. The Balaban J connectivity index is 1.75. The molecule has 3 rings (SSSR count). The average Bonchev–Trinajstić information content (AvgIpc) is 2.92.